The molecule has 3 rings (SSSR count). The maximum atomic E-state index is 12.5. The number of hydrogen-bond acceptors (Lipinski definition) is 6. The second-order valence-electron chi connectivity index (χ2n) is 6.66. The van der Waals surface area contributed by atoms with Gasteiger partial charge in [-0.25, -0.2) is 9.97 Å². The number of rotatable bonds is 6. The van der Waals surface area contributed by atoms with Gasteiger partial charge in [0, 0.05) is 58.2 Å². The van der Waals surface area contributed by atoms with Gasteiger partial charge in [0.05, 0.1) is 13.7 Å². The number of nitrogens with zero attached hydrogens (tertiary/aromatic N) is 5. The molecule has 0 N–H and O–H groups in total. The van der Waals surface area contributed by atoms with Crippen LogP contribution in [0.5, 0.6) is 5.75 Å². The van der Waals surface area contributed by atoms with Gasteiger partial charge in [0.25, 0.3) is 0 Å². The average Bonchev–Trinajstić information content (AvgIpc) is 2.64. The van der Waals surface area contributed by atoms with E-state index in [2.05, 4.69) is 14.9 Å². The Morgan fingerprint density at radius 1 is 1.12 bits per heavy atom. The quantitative estimate of drug-likeness (QED) is 0.781. The Morgan fingerprint density at radius 3 is 2.54 bits per heavy atom. The van der Waals surface area contributed by atoms with Crippen molar-refractivity contribution in [3.63, 3.8) is 0 Å². The van der Waals surface area contributed by atoms with E-state index in [4.69, 9.17) is 4.74 Å². The Labute approximate surface area is 154 Å². The third-order valence-electron chi connectivity index (χ3n) is 4.40. The summed E-state index contributed by atoms with van der Waals surface area (Å²) in [5, 5.41) is 0. The van der Waals surface area contributed by atoms with Gasteiger partial charge >= 0.3 is 0 Å². The van der Waals surface area contributed by atoms with E-state index in [0.29, 0.717) is 32.1 Å². The molecule has 1 aliphatic heterocycles. The highest BCUT2D eigenvalue weighted by Crippen LogP contribution is 2.16. The third kappa shape index (κ3) is 4.49. The van der Waals surface area contributed by atoms with Crippen molar-refractivity contribution in [3.8, 4) is 5.75 Å². The van der Waals surface area contributed by atoms with E-state index < -0.39 is 0 Å². The van der Waals surface area contributed by atoms with Crippen LogP contribution in [0, 0.1) is 0 Å². The van der Waals surface area contributed by atoms with E-state index >= 15 is 0 Å². The molecule has 1 aliphatic rings. The molecule has 0 spiro atoms. The molecule has 2 aromatic rings. The van der Waals surface area contributed by atoms with Crippen LogP contribution in [0.1, 0.15) is 11.1 Å². The summed E-state index contributed by atoms with van der Waals surface area (Å²) in [6.45, 7) is 3.27. The third-order valence-corrected chi connectivity index (χ3v) is 4.40. The number of amides is 1. The maximum Gasteiger partial charge on any atom is 0.237 e. The lowest BCUT2D eigenvalue weighted by Gasteiger charge is -2.34. The molecule has 7 heteroatoms. The second kappa shape index (κ2) is 8.14. The van der Waals surface area contributed by atoms with Gasteiger partial charge in [0.2, 0.25) is 11.9 Å². The molecule has 1 saturated heterocycles. The van der Waals surface area contributed by atoms with E-state index in [9.17, 15) is 4.79 Å². The molecule has 1 fully saturated rings. The van der Waals surface area contributed by atoms with Gasteiger partial charge in [-0.3, -0.25) is 9.69 Å². The fraction of sp³-hybridized carbons (Fsp3) is 0.421. The van der Waals surface area contributed by atoms with E-state index in [1.54, 1.807) is 7.11 Å². The minimum absolute atomic E-state index is 0.143. The molecule has 1 amide bonds. The molecule has 26 heavy (non-hydrogen) atoms. The van der Waals surface area contributed by atoms with Gasteiger partial charge in [0.1, 0.15) is 5.75 Å². The number of aromatic nitrogens is 2. The summed E-state index contributed by atoms with van der Waals surface area (Å²) in [5.41, 5.74) is 2.10. The van der Waals surface area contributed by atoms with Crippen molar-refractivity contribution < 1.29 is 9.53 Å². The second-order valence-corrected chi connectivity index (χ2v) is 6.66. The van der Waals surface area contributed by atoms with Crippen molar-refractivity contribution in [2.45, 2.75) is 13.1 Å². The molecule has 0 saturated carbocycles. The average molecular weight is 355 g/mol. The SMILES string of the molecule is COc1cccc(CN2CCN(Cc3cnc(N(C)C)nc3)CC2=O)c1. The summed E-state index contributed by atoms with van der Waals surface area (Å²) in [7, 11) is 5.47. The molecule has 1 aromatic carbocycles. The van der Waals surface area contributed by atoms with Crippen LogP contribution >= 0.6 is 0 Å². The highest BCUT2D eigenvalue weighted by atomic mass is 16.5. The number of methoxy groups -OCH3 is 1. The summed E-state index contributed by atoms with van der Waals surface area (Å²) in [4.78, 5) is 27.1. The Kier molecular flexibility index (Phi) is 5.68. The Balaban J connectivity index is 1.55. The minimum atomic E-state index is 0.143. The zero-order valence-corrected chi connectivity index (χ0v) is 15.6. The summed E-state index contributed by atoms with van der Waals surface area (Å²) >= 11 is 0. The zero-order valence-electron chi connectivity index (χ0n) is 15.6. The molecular weight excluding hydrogens is 330 g/mol. The highest BCUT2D eigenvalue weighted by molar-refractivity contribution is 5.79. The van der Waals surface area contributed by atoms with Crippen molar-refractivity contribution in [1.82, 2.24) is 19.8 Å². The van der Waals surface area contributed by atoms with Crippen LogP contribution in [-0.2, 0) is 17.9 Å². The zero-order chi connectivity index (χ0) is 18.5. The van der Waals surface area contributed by atoms with Crippen LogP contribution in [-0.4, -0.2) is 66.5 Å². The Hall–Kier alpha value is -2.67. The van der Waals surface area contributed by atoms with Crippen LogP contribution in [0.3, 0.4) is 0 Å². The van der Waals surface area contributed by atoms with Crippen molar-refractivity contribution in [2.24, 2.45) is 0 Å². The predicted molar refractivity (Wildman–Crippen MR) is 100 cm³/mol. The molecule has 0 bridgehead atoms. The normalized spacial score (nSPS) is 15.2. The standard InChI is InChI=1S/C19H25N5O2/c1-22(2)19-20-10-16(11-21-19)12-23-7-8-24(18(25)14-23)13-15-5-4-6-17(9-15)26-3/h4-6,9-11H,7-8,12-14H2,1-3H3. The number of anilines is 1. The molecule has 0 radical (unpaired) electrons. The topological polar surface area (TPSA) is 61.8 Å². The fourth-order valence-electron chi connectivity index (χ4n) is 2.97. The van der Waals surface area contributed by atoms with E-state index in [1.165, 1.54) is 0 Å². The molecule has 0 atom stereocenters. The largest absolute Gasteiger partial charge is 0.497 e. The van der Waals surface area contributed by atoms with Crippen molar-refractivity contribution in [3.05, 3.63) is 47.8 Å². The fourth-order valence-corrected chi connectivity index (χ4v) is 2.97. The minimum Gasteiger partial charge on any atom is -0.497 e. The van der Waals surface area contributed by atoms with Gasteiger partial charge in [-0.1, -0.05) is 12.1 Å². The number of carbonyl (C=O) groups excluding carboxylic acids is 1. The van der Waals surface area contributed by atoms with Crippen molar-refractivity contribution in [1.29, 1.82) is 0 Å². The van der Waals surface area contributed by atoms with Gasteiger partial charge in [-0.2, -0.15) is 0 Å². The van der Waals surface area contributed by atoms with Crippen LogP contribution < -0.4 is 9.64 Å². The van der Waals surface area contributed by atoms with Gasteiger partial charge < -0.3 is 14.5 Å². The number of carbonyl (C=O) groups is 1. The Morgan fingerprint density at radius 2 is 1.88 bits per heavy atom. The predicted octanol–water partition coefficient (Wildman–Crippen LogP) is 1.40. The summed E-state index contributed by atoms with van der Waals surface area (Å²) < 4.78 is 5.25. The van der Waals surface area contributed by atoms with Gasteiger partial charge in [-0.15, -0.1) is 0 Å². The van der Waals surface area contributed by atoms with E-state index in [1.807, 2.05) is 60.6 Å². The lowest BCUT2D eigenvalue weighted by Crippen LogP contribution is -2.49. The highest BCUT2D eigenvalue weighted by Gasteiger charge is 2.24. The van der Waals surface area contributed by atoms with Crippen molar-refractivity contribution >= 4 is 11.9 Å². The number of benzene rings is 1. The number of hydrogen-bond donors (Lipinski definition) is 0. The molecule has 0 aliphatic carbocycles. The van der Waals surface area contributed by atoms with Crippen LogP contribution in [0.15, 0.2) is 36.7 Å². The molecule has 1 aromatic heterocycles. The maximum absolute atomic E-state index is 12.5. The number of ether oxygens (including phenoxy) is 1. The Bertz CT molecular complexity index is 748. The van der Waals surface area contributed by atoms with Gasteiger partial charge in [-0.05, 0) is 17.7 Å². The smallest absolute Gasteiger partial charge is 0.237 e. The molecule has 2 heterocycles. The first kappa shape index (κ1) is 18.1. The first-order valence-electron chi connectivity index (χ1n) is 8.66. The first-order chi connectivity index (χ1) is 12.5. The summed E-state index contributed by atoms with van der Waals surface area (Å²) in [6.07, 6.45) is 3.66. The van der Waals surface area contributed by atoms with Crippen molar-refractivity contribution in [2.75, 3.05) is 45.7 Å². The van der Waals surface area contributed by atoms with Crippen LogP contribution in [0.4, 0.5) is 5.95 Å². The summed E-state index contributed by atoms with van der Waals surface area (Å²) in [5.74, 6) is 1.65. The van der Waals surface area contributed by atoms with Crippen LogP contribution in [0.2, 0.25) is 0 Å². The molecular formula is C19H25N5O2. The molecule has 7 nitrogen and oxygen atoms in total. The van der Waals surface area contributed by atoms with Crippen LogP contribution in [0.25, 0.3) is 0 Å². The molecule has 0 unspecified atom stereocenters. The first-order valence-corrected chi connectivity index (χ1v) is 8.66. The summed E-state index contributed by atoms with van der Waals surface area (Å²) in [6, 6.07) is 7.86. The lowest BCUT2D eigenvalue weighted by atomic mass is 10.1. The monoisotopic (exact) mass is 355 g/mol. The van der Waals surface area contributed by atoms with E-state index in [0.717, 1.165) is 23.4 Å². The van der Waals surface area contributed by atoms with E-state index in [-0.39, 0.29) is 5.91 Å². The lowest BCUT2D eigenvalue weighted by molar-refractivity contribution is -0.136. The molecule has 138 valence electrons. The number of piperazine rings is 1. The van der Waals surface area contributed by atoms with Gasteiger partial charge in [0.15, 0.2) is 0 Å².